The number of ketones is 1. The topological polar surface area (TPSA) is 102 Å². The molecule has 3 heterocycles. The molecule has 0 saturated carbocycles. The first-order valence-electron chi connectivity index (χ1n) is 11.3. The molecule has 13 heteroatoms. The van der Waals surface area contributed by atoms with Crippen LogP contribution in [-0.2, 0) is 10.5 Å². The number of thiophene rings is 1. The maximum Gasteiger partial charge on any atom is 0.296 e. The van der Waals surface area contributed by atoms with Crippen LogP contribution in [0.2, 0.25) is 10.0 Å². The second kappa shape index (κ2) is 11.6. The third-order valence-electron chi connectivity index (χ3n) is 5.89. The van der Waals surface area contributed by atoms with Crippen LogP contribution < -0.4 is 14.4 Å². The maximum absolute atomic E-state index is 13.5. The van der Waals surface area contributed by atoms with Gasteiger partial charge in [0.05, 0.1) is 30.7 Å². The highest BCUT2D eigenvalue weighted by Crippen LogP contribution is 2.45. The first-order valence-corrected chi connectivity index (χ1v) is 14.7. The Morgan fingerprint density at radius 2 is 1.90 bits per heavy atom. The molecule has 0 aliphatic carbocycles. The summed E-state index contributed by atoms with van der Waals surface area (Å²) in [5, 5.41) is 22.5. The Labute approximate surface area is 245 Å². The first kappa shape index (κ1) is 27.5. The van der Waals surface area contributed by atoms with E-state index in [0.29, 0.717) is 42.1 Å². The van der Waals surface area contributed by atoms with Crippen LogP contribution in [0.5, 0.6) is 11.5 Å². The number of thioether (sulfide) groups is 1. The summed E-state index contributed by atoms with van der Waals surface area (Å²) in [4.78, 5) is 28.6. The normalized spacial score (nSPS) is 15.2. The Morgan fingerprint density at radius 3 is 2.59 bits per heavy atom. The third-order valence-corrected chi connectivity index (χ3v) is 9.45. The zero-order valence-electron chi connectivity index (χ0n) is 20.4. The van der Waals surface area contributed by atoms with E-state index < -0.39 is 23.5 Å². The lowest BCUT2D eigenvalue weighted by atomic mass is 9.95. The number of halogens is 2. The van der Waals surface area contributed by atoms with Crippen molar-refractivity contribution < 1.29 is 24.2 Å². The fourth-order valence-electron chi connectivity index (χ4n) is 4.05. The van der Waals surface area contributed by atoms with Crippen LogP contribution in [-0.4, -0.2) is 41.2 Å². The van der Waals surface area contributed by atoms with Crippen molar-refractivity contribution in [2.75, 3.05) is 19.1 Å². The van der Waals surface area contributed by atoms with Crippen molar-refractivity contribution >= 4 is 74.5 Å². The van der Waals surface area contributed by atoms with E-state index in [9.17, 15) is 14.7 Å². The SMILES string of the molecule is COc1ccc(C2C(C(=O)c3cccs3)=C(O)C(=O)N2c2nnc(SCc3ccc(Cl)cc3Cl)s2)cc1OC. The Bertz CT molecular complexity index is 1590. The quantitative estimate of drug-likeness (QED) is 0.121. The highest BCUT2D eigenvalue weighted by atomic mass is 35.5. The summed E-state index contributed by atoms with van der Waals surface area (Å²) in [6.45, 7) is 0. The van der Waals surface area contributed by atoms with Crippen LogP contribution >= 0.6 is 57.6 Å². The van der Waals surface area contributed by atoms with Crippen LogP contribution in [0.1, 0.15) is 26.8 Å². The minimum absolute atomic E-state index is 0.0491. The van der Waals surface area contributed by atoms with Crippen molar-refractivity contribution in [2.45, 2.75) is 16.1 Å². The molecule has 1 amide bonds. The van der Waals surface area contributed by atoms with E-state index in [2.05, 4.69) is 10.2 Å². The lowest BCUT2D eigenvalue weighted by Gasteiger charge is -2.24. The molecule has 5 rings (SSSR count). The molecule has 39 heavy (non-hydrogen) atoms. The summed E-state index contributed by atoms with van der Waals surface area (Å²) >= 11 is 16.1. The van der Waals surface area contributed by atoms with E-state index in [1.54, 1.807) is 47.8 Å². The second-order valence-electron chi connectivity index (χ2n) is 8.14. The minimum atomic E-state index is -0.969. The molecule has 0 radical (unpaired) electrons. The highest BCUT2D eigenvalue weighted by molar-refractivity contribution is 8.00. The van der Waals surface area contributed by atoms with Gasteiger partial charge in [-0.15, -0.1) is 21.5 Å². The molecule has 2 aromatic carbocycles. The van der Waals surface area contributed by atoms with Crippen LogP contribution in [0.15, 0.2) is 69.6 Å². The molecule has 0 spiro atoms. The van der Waals surface area contributed by atoms with E-state index in [4.69, 9.17) is 32.7 Å². The Kier molecular flexibility index (Phi) is 8.15. The van der Waals surface area contributed by atoms with Crippen molar-refractivity contribution in [2.24, 2.45) is 0 Å². The average Bonchev–Trinajstić information content (AvgIpc) is 3.68. The Morgan fingerprint density at radius 1 is 1.10 bits per heavy atom. The smallest absolute Gasteiger partial charge is 0.296 e. The van der Waals surface area contributed by atoms with Gasteiger partial charge in [0, 0.05) is 15.8 Å². The van der Waals surface area contributed by atoms with Crippen molar-refractivity contribution in [3.8, 4) is 11.5 Å². The van der Waals surface area contributed by atoms with Crippen LogP contribution in [0, 0.1) is 0 Å². The fraction of sp³-hybridized carbons (Fsp3) is 0.154. The van der Waals surface area contributed by atoms with Gasteiger partial charge in [-0.3, -0.25) is 14.5 Å². The summed E-state index contributed by atoms with van der Waals surface area (Å²) in [7, 11) is 3.00. The van der Waals surface area contributed by atoms with Gasteiger partial charge in [0.15, 0.2) is 21.6 Å². The van der Waals surface area contributed by atoms with Gasteiger partial charge in [0.25, 0.3) is 5.91 Å². The Balaban J connectivity index is 1.52. The molecule has 200 valence electrons. The number of benzene rings is 2. The van der Waals surface area contributed by atoms with Crippen molar-refractivity contribution in [3.63, 3.8) is 0 Å². The molecule has 0 saturated heterocycles. The lowest BCUT2D eigenvalue weighted by molar-refractivity contribution is -0.117. The molecule has 1 N–H and O–H groups in total. The molecule has 2 aromatic heterocycles. The molecule has 0 bridgehead atoms. The molecule has 0 fully saturated rings. The first-order chi connectivity index (χ1) is 18.8. The van der Waals surface area contributed by atoms with Gasteiger partial charge < -0.3 is 14.6 Å². The lowest BCUT2D eigenvalue weighted by Crippen LogP contribution is -2.31. The third kappa shape index (κ3) is 5.37. The van der Waals surface area contributed by atoms with Crippen LogP contribution in [0.3, 0.4) is 0 Å². The summed E-state index contributed by atoms with van der Waals surface area (Å²) < 4.78 is 11.4. The van der Waals surface area contributed by atoms with Gasteiger partial charge >= 0.3 is 0 Å². The van der Waals surface area contributed by atoms with Gasteiger partial charge in [-0.2, -0.15) is 0 Å². The van der Waals surface area contributed by atoms with Gasteiger partial charge in [0.1, 0.15) is 0 Å². The summed E-state index contributed by atoms with van der Waals surface area (Å²) in [6, 6.07) is 12.7. The van der Waals surface area contributed by atoms with E-state index in [1.165, 1.54) is 53.6 Å². The number of aliphatic hydroxyl groups excluding tert-OH is 1. The second-order valence-corrected chi connectivity index (χ2v) is 12.1. The number of amides is 1. The molecule has 1 aliphatic heterocycles. The number of methoxy groups -OCH3 is 2. The molecule has 1 aliphatic rings. The number of Topliss-reactive ketones (excluding diaryl/α,β-unsaturated/α-hetero) is 1. The number of anilines is 1. The molecule has 1 atom stereocenters. The van der Waals surface area contributed by atoms with Crippen molar-refractivity contribution in [1.82, 2.24) is 10.2 Å². The Hall–Kier alpha value is -3.09. The van der Waals surface area contributed by atoms with Gasteiger partial charge in [-0.05, 0) is 46.8 Å². The summed E-state index contributed by atoms with van der Waals surface area (Å²) in [5.41, 5.74) is 1.35. The zero-order valence-corrected chi connectivity index (χ0v) is 24.3. The van der Waals surface area contributed by atoms with Crippen LogP contribution in [0.25, 0.3) is 0 Å². The largest absolute Gasteiger partial charge is 0.503 e. The number of rotatable bonds is 9. The predicted molar refractivity (Wildman–Crippen MR) is 154 cm³/mol. The molecular formula is C26H19Cl2N3O5S3. The summed E-state index contributed by atoms with van der Waals surface area (Å²) in [5.74, 6) is -0.441. The van der Waals surface area contributed by atoms with E-state index >= 15 is 0 Å². The van der Waals surface area contributed by atoms with Gasteiger partial charge in [-0.25, -0.2) is 0 Å². The number of aromatic nitrogens is 2. The molecule has 8 nitrogen and oxygen atoms in total. The number of carbonyl (C=O) groups excluding carboxylic acids is 2. The van der Waals surface area contributed by atoms with Crippen molar-refractivity contribution in [1.29, 1.82) is 0 Å². The van der Waals surface area contributed by atoms with E-state index in [1.807, 2.05) is 6.07 Å². The molecular weight excluding hydrogens is 601 g/mol. The highest BCUT2D eigenvalue weighted by Gasteiger charge is 2.46. The fourth-order valence-corrected chi connectivity index (χ4v) is 7.15. The van der Waals surface area contributed by atoms with Gasteiger partial charge in [0.2, 0.25) is 10.9 Å². The number of carbonyl (C=O) groups is 2. The van der Waals surface area contributed by atoms with Crippen LogP contribution in [0.4, 0.5) is 5.13 Å². The monoisotopic (exact) mass is 619 g/mol. The van der Waals surface area contributed by atoms with E-state index in [-0.39, 0.29) is 10.7 Å². The van der Waals surface area contributed by atoms with Crippen molar-refractivity contribution in [3.05, 3.63) is 91.3 Å². The van der Waals surface area contributed by atoms with E-state index in [0.717, 1.165) is 5.56 Å². The summed E-state index contributed by atoms with van der Waals surface area (Å²) in [6.07, 6.45) is 0. The predicted octanol–water partition coefficient (Wildman–Crippen LogP) is 7.00. The molecule has 4 aromatic rings. The standard InChI is InChI=1S/C26H19Cl2N3O5S3/c1-35-17-8-6-13(10-18(17)36-2)21-20(22(32)19-4-3-9-37-19)23(33)24(34)31(21)25-29-30-26(39-25)38-12-14-5-7-15(27)11-16(14)28/h3-11,21,33H,12H2,1-2H3. The maximum atomic E-state index is 13.5. The number of hydrogen-bond acceptors (Lipinski definition) is 10. The number of nitrogens with zero attached hydrogens (tertiary/aromatic N) is 3. The molecule has 1 unspecified atom stereocenters. The average molecular weight is 621 g/mol. The number of aliphatic hydroxyl groups is 1. The number of hydrogen-bond donors (Lipinski definition) is 1. The zero-order chi connectivity index (χ0) is 27.7. The van der Waals surface area contributed by atoms with Gasteiger partial charge in [-0.1, -0.05) is 64.5 Å². The number of ether oxygens (including phenoxy) is 2. The minimum Gasteiger partial charge on any atom is -0.503 e.